The van der Waals surface area contributed by atoms with E-state index in [1.807, 2.05) is 6.07 Å². The van der Waals surface area contributed by atoms with E-state index in [0.29, 0.717) is 0 Å². The van der Waals surface area contributed by atoms with Gasteiger partial charge in [0.15, 0.2) is 0 Å². The first-order valence-electron chi connectivity index (χ1n) is 6.32. The second kappa shape index (κ2) is 5.63. The fourth-order valence-corrected chi connectivity index (χ4v) is 2.20. The number of hydrogen-bond donors (Lipinski definition) is 1. The minimum absolute atomic E-state index is 0.0590. The molecule has 18 heavy (non-hydrogen) atoms. The van der Waals surface area contributed by atoms with Gasteiger partial charge in [0, 0.05) is 6.04 Å². The number of carbonyl (C=O) groups is 1. The fraction of sp³-hybridized carbons (Fsp3) is 0.667. The Balaban J connectivity index is 1.93. The maximum absolute atomic E-state index is 12.0. The van der Waals surface area contributed by atoms with E-state index in [1.165, 1.54) is 30.3 Å². The molecule has 0 radical (unpaired) electrons. The SMILES string of the molecule is CC(C(=O)NC1CCCCC1)n1cnc(C#N)n1. The zero-order valence-electron chi connectivity index (χ0n) is 10.5. The number of rotatable bonds is 3. The summed E-state index contributed by atoms with van der Waals surface area (Å²) in [6, 6.07) is 1.70. The van der Waals surface area contributed by atoms with Crippen LogP contribution >= 0.6 is 0 Å². The van der Waals surface area contributed by atoms with Gasteiger partial charge in [0.2, 0.25) is 5.91 Å². The van der Waals surface area contributed by atoms with Crippen molar-refractivity contribution in [1.29, 1.82) is 5.26 Å². The Morgan fingerprint density at radius 2 is 2.28 bits per heavy atom. The highest BCUT2D eigenvalue weighted by molar-refractivity contribution is 5.80. The molecule has 1 aromatic rings. The topological polar surface area (TPSA) is 83.6 Å². The van der Waals surface area contributed by atoms with Crippen LogP contribution < -0.4 is 5.32 Å². The Kier molecular flexibility index (Phi) is 3.92. The van der Waals surface area contributed by atoms with Crippen LogP contribution in [0, 0.1) is 11.3 Å². The van der Waals surface area contributed by atoms with Gasteiger partial charge in [0.1, 0.15) is 18.4 Å². The highest BCUT2D eigenvalue weighted by Crippen LogP contribution is 2.18. The van der Waals surface area contributed by atoms with Gasteiger partial charge >= 0.3 is 0 Å². The van der Waals surface area contributed by atoms with E-state index in [9.17, 15) is 4.79 Å². The Bertz CT molecular complexity index is 455. The van der Waals surface area contributed by atoms with Crippen LogP contribution in [0.5, 0.6) is 0 Å². The van der Waals surface area contributed by atoms with Crippen molar-refractivity contribution >= 4 is 5.91 Å². The van der Waals surface area contributed by atoms with Gasteiger partial charge in [-0.15, -0.1) is 5.10 Å². The van der Waals surface area contributed by atoms with Crippen molar-refractivity contribution in [2.75, 3.05) is 0 Å². The van der Waals surface area contributed by atoms with E-state index in [1.54, 1.807) is 6.92 Å². The summed E-state index contributed by atoms with van der Waals surface area (Å²) < 4.78 is 1.43. The molecule has 1 aliphatic carbocycles. The van der Waals surface area contributed by atoms with Crippen molar-refractivity contribution in [3.05, 3.63) is 12.2 Å². The van der Waals surface area contributed by atoms with Crippen molar-refractivity contribution in [3.63, 3.8) is 0 Å². The number of aromatic nitrogens is 3. The quantitative estimate of drug-likeness (QED) is 0.868. The maximum atomic E-state index is 12.0. The Morgan fingerprint density at radius 3 is 2.89 bits per heavy atom. The number of nitriles is 1. The molecule has 1 aliphatic rings. The lowest BCUT2D eigenvalue weighted by Gasteiger charge is -2.24. The molecule has 1 saturated carbocycles. The summed E-state index contributed by atoms with van der Waals surface area (Å²) >= 11 is 0. The highest BCUT2D eigenvalue weighted by atomic mass is 16.2. The third kappa shape index (κ3) is 2.86. The van der Waals surface area contributed by atoms with Crippen LogP contribution in [0.3, 0.4) is 0 Å². The molecule has 0 bridgehead atoms. The van der Waals surface area contributed by atoms with Crippen LogP contribution in [0.2, 0.25) is 0 Å². The minimum atomic E-state index is -0.429. The number of nitrogens with one attached hydrogen (secondary N) is 1. The van der Waals surface area contributed by atoms with E-state index < -0.39 is 6.04 Å². The van der Waals surface area contributed by atoms with E-state index in [4.69, 9.17) is 5.26 Å². The van der Waals surface area contributed by atoms with Crippen LogP contribution in [0.15, 0.2) is 6.33 Å². The molecule has 0 saturated heterocycles. The number of carbonyl (C=O) groups excluding carboxylic acids is 1. The van der Waals surface area contributed by atoms with Crippen molar-refractivity contribution in [3.8, 4) is 6.07 Å². The molecule has 1 atom stereocenters. The third-order valence-corrected chi connectivity index (χ3v) is 3.34. The molecule has 1 aromatic heterocycles. The van der Waals surface area contributed by atoms with E-state index in [-0.39, 0.29) is 17.8 Å². The first-order chi connectivity index (χ1) is 8.70. The van der Waals surface area contributed by atoms with Crippen molar-refractivity contribution in [1.82, 2.24) is 20.1 Å². The molecule has 2 rings (SSSR count). The molecule has 1 N–H and O–H groups in total. The summed E-state index contributed by atoms with van der Waals surface area (Å²) in [5.74, 6) is 0.0311. The molecule has 1 fully saturated rings. The maximum Gasteiger partial charge on any atom is 0.252 e. The molecule has 1 unspecified atom stereocenters. The molecular formula is C12H17N5O. The van der Waals surface area contributed by atoms with Crippen LogP contribution in [-0.2, 0) is 4.79 Å². The Labute approximate surface area is 106 Å². The van der Waals surface area contributed by atoms with Crippen molar-refractivity contribution in [2.45, 2.75) is 51.1 Å². The van der Waals surface area contributed by atoms with Gasteiger partial charge in [-0.2, -0.15) is 5.26 Å². The monoisotopic (exact) mass is 247 g/mol. The van der Waals surface area contributed by atoms with Gasteiger partial charge in [-0.25, -0.2) is 9.67 Å². The van der Waals surface area contributed by atoms with E-state index >= 15 is 0 Å². The molecule has 0 aliphatic heterocycles. The second-order valence-corrected chi connectivity index (χ2v) is 4.68. The minimum Gasteiger partial charge on any atom is -0.352 e. The zero-order valence-corrected chi connectivity index (χ0v) is 10.5. The largest absolute Gasteiger partial charge is 0.352 e. The lowest BCUT2D eigenvalue weighted by atomic mass is 9.95. The third-order valence-electron chi connectivity index (χ3n) is 3.34. The fourth-order valence-electron chi connectivity index (χ4n) is 2.20. The molecule has 6 heteroatoms. The average Bonchev–Trinajstić information content (AvgIpc) is 2.87. The van der Waals surface area contributed by atoms with Gasteiger partial charge in [-0.3, -0.25) is 4.79 Å². The van der Waals surface area contributed by atoms with Gasteiger partial charge in [-0.1, -0.05) is 19.3 Å². The van der Waals surface area contributed by atoms with E-state index in [0.717, 1.165) is 12.8 Å². The van der Waals surface area contributed by atoms with Gasteiger partial charge in [0.05, 0.1) is 0 Å². The molecule has 0 spiro atoms. The summed E-state index contributed by atoms with van der Waals surface area (Å²) in [5.41, 5.74) is 0. The molecular weight excluding hydrogens is 230 g/mol. The molecule has 96 valence electrons. The summed E-state index contributed by atoms with van der Waals surface area (Å²) in [6.45, 7) is 1.76. The average molecular weight is 247 g/mol. The van der Waals surface area contributed by atoms with Gasteiger partial charge in [0.25, 0.3) is 5.82 Å². The van der Waals surface area contributed by atoms with Gasteiger partial charge in [-0.05, 0) is 19.8 Å². The van der Waals surface area contributed by atoms with Gasteiger partial charge < -0.3 is 5.32 Å². The summed E-state index contributed by atoms with van der Waals surface area (Å²) in [7, 11) is 0. The zero-order chi connectivity index (χ0) is 13.0. The summed E-state index contributed by atoms with van der Waals surface area (Å²) in [6.07, 6.45) is 7.15. The van der Waals surface area contributed by atoms with E-state index in [2.05, 4.69) is 15.4 Å². The Hall–Kier alpha value is -1.90. The molecule has 1 amide bonds. The van der Waals surface area contributed by atoms with Crippen LogP contribution in [0.25, 0.3) is 0 Å². The normalized spacial score (nSPS) is 18.0. The first kappa shape index (κ1) is 12.6. The van der Waals surface area contributed by atoms with Crippen LogP contribution in [0.1, 0.15) is 50.9 Å². The number of nitrogens with zero attached hydrogens (tertiary/aromatic N) is 4. The standard InChI is InChI=1S/C12H17N5O/c1-9(17-8-14-11(7-13)16-17)12(18)15-10-5-3-2-4-6-10/h8-10H,2-6H2,1H3,(H,15,18). The lowest BCUT2D eigenvalue weighted by molar-refractivity contribution is -0.125. The molecule has 0 aromatic carbocycles. The Morgan fingerprint density at radius 1 is 1.56 bits per heavy atom. The summed E-state index contributed by atoms with van der Waals surface area (Å²) in [4.78, 5) is 15.8. The number of amides is 1. The summed E-state index contributed by atoms with van der Waals surface area (Å²) in [5, 5.41) is 15.6. The van der Waals surface area contributed by atoms with Crippen molar-refractivity contribution < 1.29 is 4.79 Å². The predicted octanol–water partition coefficient (Wildman–Crippen LogP) is 1.16. The molecule has 6 nitrogen and oxygen atoms in total. The molecule has 1 heterocycles. The lowest BCUT2D eigenvalue weighted by Crippen LogP contribution is -2.40. The number of hydrogen-bond acceptors (Lipinski definition) is 4. The highest BCUT2D eigenvalue weighted by Gasteiger charge is 2.21. The smallest absolute Gasteiger partial charge is 0.252 e. The second-order valence-electron chi connectivity index (χ2n) is 4.68. The predicted molar refractivity (Wildman–Crippen MR) is 64.5 cm³/mol. The van der Waals surface area contributed by atoms with Crippen LogP contribution in [-0.4, -0.2) is 26.7 Å². The first-order valence-corrected chi connectivity index (χ1v) is 6.32. The van der Waals surface area contributed by atoms with Crippen LogP contribution in [0.4, 0.5) is 0 Å². The van der Waals surface area contributed by atoms with Crippen molar-refractivity contribution in [2.24, 2.45) is 0 Å².